The van der Waals surface area contributed by atoms with Crippen LogP contribution in [0.3, 0.4) is 0 Å². The van der Waals surface area contributed by atoms with Crippen molar-refractivity contribution in [3.8, 4) is 0 Å². The molecule has 1 amide bonds. The molecule has 10 nitrogen and oxygen atoms in total. The van der Waals surface area contributed by atoms with Crippen LogP contribution in [-0.2, 0) is 21.4 Å². The molecule has 0 spiro atoms. The first-order chi connectivity index (χ1) is 13.2. The topological polar surface area (TPSA) is 157 Å². The van der Waals surface area contributed by atoms with E-state index in [4.69, 9.17) is 22.4 Å². The van der Waals surface area contributed by atoms with Crippen molar-refractivity contribution in [2.75, 3.05) is 10.5 Å². The molecule has 0 unspecified atom stereocenters. The molecule has 0 atom stereocenters. The van der Waals surface area contributed by atoms with Crippen LogP contribution in [0.2, 0.25) is 5.02 Å². The van der Waals surface area contributed by atoms with E-state index in [1.54, 1.807) is 0 Å². The summed E-state index contributed by atoms with van der Waals surface area (Å²) in [6.45, 7) is 2.49. The number of carbonyl (C=O) groups is 2. The van der Waals surface area contributed by atoms with E-state index in [2.05, 4.69) is 14.9 Å². The van der Waals surface area contributed by atoms with E-state index in [0.29, 0.717) is 6.54 Å². The maximum absolute atomic E-state index is 12.9. The van der Waals surface area contributed by atoms with Crippen LogP contribution in [-0.4, -0.2) is 45.9 Å². The second-order valence-electron chi connectivity index (χ2n) is 5.63. The zero-order valence-electron chi connectivity index (χ0n) is 14.8. The molecular formula is C15H18ClN5O5S2. The number of amides is 1. The van der Waals surface area contributed by atoms with Gasteiger partial charge in [0.1, 0.15) is 11.2 Å². The first-order valence-corrected chi connectivity index (χ1v) is 10.9. The predicted molar refractivity (Wildman–Crippen MR) is 104 cm³/mol. The van der Waals surface area contributed by atoms with E-state index in [1.807, 2.05) is 6.92 Å². The first-order valence-electron chi connectivity index (χ1n) is 8.04. The van der Waals surface area contributed by atoms with Gasteiger partial charge in [-0.05, 0) is 18.6 Å². The number of hydrogen-bond acceptors (Lipinski definition) is 7. The average Bonchev–Trinajstić information content (AvgIpc) is 3.03. The lowest BCUT2D eigenvalue weighted by atomic mass is 10.2. The summed E-state index contributed by atoms with van der Waals surface area (Å²) in [5.74, 6) is -2.46. The van der Waals surface area contributed by atoms with Crippen LogP contribution in [0.15, 0.2) is 28.3 Å². The Hall–Kier alpha value is -2.31. The highest BCUT2D eigenvalue weighted by atomic mass is 35.5. The number of aromatic nitrogens is 3. The van der Waals surface area contributed by atoms with Crippen LogP contribution in [0.25, 0.3) is 0 Å². The van der Waals surface area contributed by atoms with E-state index < -0.39 is 27.7 Å². The minimum absolute atomic E-state index is 0.00166. The molecule has 1 heterocycles. The molecule has 0 bridgehead atoms. The Labute approximate surface area is 170 Å². The van der Waals surface area contributed by atoms with Crippen LogP contribution in [0.4, 0.5) is 5.95 Å². The van der Waals surface area contributed by atoms with Crippen LogP contribution in [0.5, 0.6) is 0 Å². The third-order valence-electron chi connectivity index (χ3n) is 3.53. The van der Waals surface area contributed by atoms with Gasteiger partial charge >= 0.3 is 5.97 Å². The Morgan fingerprint density at radius 3 is 2.71 bits per heavy atom. The summed E-state index contributed by atoms with van der Waals surface area (Å²) in [4.78, 5) is 22.2. The molecule has 28 heavy (non-hydrogen) atoms. The van der Waals surface area contributed by atoms with Crippen molar-refractivity contribution in [1.29, 1.82) is 0 Å². The Bertz CT molecular complexity index is 993. The lowest BCUT2D eigenvalue weighted by Gasteiger charge is -2.14. The fraction of sp³-hybridized carbons (Fsp3) is 0.333. The Morgan fingerprint density at radius 2 is 2.11 bits per heavy atom. The number of hydrogen-bond donors (Lipinski definition) is 3. The van der Waals surface area contributed by atoms with E-state index >= 15 is 0 Å². The van der Waals surface area contributed by atoms with Gasteiger partial charge in [0.2, 0.25) is 11.9 Å². The zero-order chi connectivity index (χ0) is 20.9. The molecule has 0 radical (unpaired) electrons. The molecular weight excluding hydrogens is 430 g/mol. The molecule has 1 aromatic carbocycles. The molecule has 13 heteroatoms. The summed E-state index contributed by atoms with van der Waals surface area (Å²) in [5.41, 5.74) is 5.05. The smallest absolute Gasteiger partial charge is 0.313 e. The number of anilines is 1. The summed E-state index contributed by atoms with van der Waals surface area (Å²) in [6, 6.07) is 2.22. The van der Waals surface area contributed by atoms with E-state index in [9.17, 15) is 18.0 Å². The first kappa shape index (κ1) is 22.0. The minimum Gasteiger partial charge on any atom is -0.481 e. The van der Waals surface area contributed by atoms with Gasteiger partial charge in [0.15, 0.2) is 0 Å². The number of aryl methyl sites for hydroxylation is 1. The highest BCUT2D eigenvalue weighted by Gasteiger charge is 2.25. The number of thioether (sulfide) groups is 1. The van der Waals surface area contributed by atoms with Crippen molar-refractivity contribution in [2.24, 2.45) is 5.73 Å². The van der Waals surface area contributed by atoms with Crippen molar-refractivity contribution in [3.63, 3.8) is 0 Å². The minimum atomic E-state index is -4.24. The quantitative estimate of drug-likeness (QED) is 0.465. The average molecular weight is 448 g/mol. The van der Waals surface area contributed by atoms with Crippen molar-refractivity contribution >= 4 is 51.2 Å². The number of aliphatic carboxylic acids is 1. The molecule has 0 aliphatic heterocycles. The molecule has 2 aromatic rings. The van der Waals surface area contributed by atoms with Crippen LogP contribution >= 0.6 is 23.4 Å². The zero-order valence-corrected chi connectivity index (χ0v) is 17.1. The lowest BCUT2D eigenvalue weighted by molar-refractivity contribution is -0.133. The fourth-order valence-electron chi connectivity index (χ4n) is 2.19. The van der Waals surface area contributed by atoms with Gasteiger partial charge in [0, 0.05) is 11.4 Å². The number of nitrogens with one attached hydrogen (secondary N) is 1. The summed E-state index contributed by atoms with van der Waals surface area (Å²) in [7, 11) is -4.24. The number of unbranched alkanes of at least 4 members (excludes halogenated alkanes) is 1. The number of carbonyl (C=O) groups excluding carboxylic acids is 1. The predicted octanol–water partition coefficient (Wildman–Crippen LogP) is 1.81. The molecule has 0 fully saturated rings. The van der Waals surface area contributed by atoms with Gasteiger partial charge in [0.05, 0.1) is 16.3 Å². The van der Waals surface area contributed by atoms with E-state index in [1.165, 1.54) is 17.0 Å². The molecule has 0 aliphatic rings. The van der Waals surface area contributed by atoms with Gasteiger partial charge in [-0.25, -0.2) is 13.1 Å². The van der Waals surface area contributed by atoms with Gasteiger partial charge < -0.3 is 10.8 Å². The molecule has 0 saturated carbocycles. The number of benzene rings is 1. The molecule has 4 N–H and O–H groups in total. The molecule has 152 valence electrons. The molecule has 0 saturated heterocycles. The highest BCUT2D eigenvalue weighted by molar-refractivity contribution is 8.01. The van der Waals surface area contributed by atoms with Crippen molar-refractivity contribution in [3.05, 3.63) is 29.0 Å². The van der Waals surface area contributed by atoms with Gasteiger partial charge in [-0.3, -0.25) is 14.2 Å². The van der Waals surface area contributed by atoms with Gasteiger partial charge in [-0.1, -0.05) is 24.9 Å². The van der Waals surface area contributed by atoms with Crippen molar-refractivity contribution in [2.45, 2.75) is 36.1 Å². The number of halogens is 1. The van der Waals surface area contributed by atoms with E-state index in [-0.39, 0.29) is 26.3 Å². The maximum Gasteiger partial charge on any atom is 0.313 e. The third kappa shape index (κ3) is 5.36. The van der Waals surface area contributed by atoms with Crippen LogP contribution < -0.4 is 10.5 Å². The Balaban J connectivity index is 2.47. The van der Waals surface area contributed by atoms with Gasteiger partial charge in [0.25, 0.3) is 10.0 Å². The van der Waals surface area contributed by atoms with Gasteiger partial charge in [-0.2, -0.15) is 0 Å². The van der Waals surface area contributed by atoms with Crippen LogP contribution in [0, 0.1) is 0 Å². The SMILES string of the molecule is CCCCn1cnnc1NS(=O)(=O)c1cc(C(N)=O)c(Cl)cc1SCC(=O)O. The number of nitrogens with two attached hydrogens (primary N) is 1. The lowest BCUT2D eigenvalue weighted by Crippen LogP contribution is -2.19. The largest absolute Gasteiger partial charge is 0.481 e. The summed E-state index contributed by atoms with van der Waals surface area (Å²) in [6.07, 6.45) is 3.07. The number of primary amides is 1. The van der Waals surface area contributed by atoms with Crippen molar-refractivity contribution < 1.29 is 23.1 Å². The summed E-state index contributed by atoms with van der Waals surface area (Å²) >= 11 is 6.73. The normalized spacial score (nSPS) is 11.4. The number of carboxylic acids is 1. The highest BCUT2D eigenvalue weighted by Crippen LogP contribution is 2.33. The molecule has 2 rings (SSSR count). The summed E-state index contributed by atoms with van der Waals surface area (Å²) < 4.78 is 29.7. The second-order valence-corrected chi connectivity index (χ2v) is 8.71. The number of carboxylic acid groups (broad SMARTS) is 1. The maximum atomic E-state index is 12.9. The molecule has 1 aromatic heterocycles. The van der Waals surface area contributed by atoms with E-state index in [0.717, 1.165) is 30.7 Å². The van der Waals surface area contributed by atoms with Crippen LogP contribution in [0.1, 0.15) is 30.1 Å². The third-order valence-corrected chi connectivity index (χ3v) is 6.38. The second kappa shape index (κ2) is 9.26. The fourth-order valence-corrected chi connectivity index (χ4v) is 4.80. The Kier molecular flexibility index (Phi) is 7.27. The monoisotopic (exact) mass is 447 g/mol. The standard InChI is InChI=1S/C15H18ClN5O5S2/c1-2-3-4-21-8-18-19-15(21)20-28(25,26)12-5-9(14(17)24)10(16)6-11(12)27-7-13(22)23/h5-6,8H,2-4,7H2,1H3,(H2,17,24)(H,19,20)(H,22,23). The Morgan fingerprint density at radius 1 is 1.39 bits per heavy atom. The van der Waals surface area contributed by atoms with Gasteiger partial charge in [-0.15, -0.1) is 22.0 Å². The number of sulfonamides is 1. The van der Waals surface area contributed by atoms with Crippen molar-refractivity contribution in [1.82, 2.24) is 14.8 Å². The number of nitrogens with zero attached hydrogens (tertiary/aromatic N) is 3. The summed E-state index contributed by atoms with van der Waals surface area (Å²) in [5, 5.41) is 16.3. The molecule has 0 aliphatic carbocycles. The number of rotatable bonds is 10.